The Morgan fingerprint density at radius 3 is 2.55 bits per heavy atom. The molecular weight excluding hydrogens is 390 g/mol. The summed E-state index contributed by atoms with van der Waals surface area (Å²) in [6.45, 7) is 5.17. The number of nitrogens with zero attached hydrogens (tertiary/aromatic N) is 2. The van der Waals surface area contributed by atoms with E-state index < -0.39 is 6.04 Å². The number of carbonyl (C=O) groups is 3. The van der Waals surface area contributed by atoms with Crippen LogP contribution in [0.3, 0.4) is 0 Å². The average molecular weight is 422 g/mol. The van der Waals surface area contributed by atoms with Crippen LogP contribution in [0.1, 0.15) is 26.7 Å². The lowest BCUT2D eigenvalue weighted by Gasteiger charge is -2.34. The number of benzene rings is 1. The lowest BCUT2D eigenvalue weighted by molar-refractivity contribution is -0.152. The highest BCUT2D eigenvalue weighted by atomic mass is 32.2. The molecule has 0 aromatic heterocycles. The van der Waals surface area contributed by atoms with Crippen LogP contribution in [0.5, 0.6) is 0 Å². The third-order valence-electron chi connectivity index (χ3n) is 5.22. The maximum atomic E-state index is 12.8. The number of piperidine rings is 1. The first-order chi connectivity index (χ1) is 13.9. The van der Waals surface area contributed by atoms with E-state index in [2.05, 4.69) is 5.32 Å². The fraction of sp³-hybridized carbons (Fsp3) is 0.571. The van der Waals surface area contributed by atoms with Crippen LogP contribution in [0.25, 0.3) is 0 Å². The van der Waals surface area contributed by atoms with Gasteiger partial charge < -0.3 is 15.0 Å². The summed E-state index contributed by atoms with van der Waals surface area (Å²) in [7, 11) is 1.77. The van der Waals surface area contributed by atoms with Crippen LogP contribution in [-0.2, 0) is 19.1 Å². The zero-order valence-electron chi connectivity index (χ0n) is 17.6. The number of likely N-dealkylation sites (tertiary alicyclic amines) is 1. The molecule has 7 nitrogen and oxygen atoms in total. The number of anilines is 1. The van der Waals surface area contributed by atoms with E-state index in [0.29, 0.717) is 32.5 Å². The number of para-hydroxylation sites is 1. The molecule has 0 radical (unpaired) electrons. The Morgan fingerprint density at radius 1 is 1.28 bits per heavy atom. The normalized spacial score (nSPS) is 15.8. The molecule has 1 fully saturated rings. The Balaban J connectivity index is 1.84. The van der Waals surface area contributed by atoms with Crippen LogP contribution >= 0.6 is 11.8 Å². The topological polar surface area (TPSA) is 79.0 Å². The van der Waals surface area contributed by atoms with Crippen molar-refractivity contribution in [3.63, 3.8) is 0 Å². The largest absolute Gasteiger partial charge is 0.466 e. The quantitative estimate of drug-likeness (QED) is 0.513. The molecule has 1 saturated heterocycles. The molecule has 1 aliphatic rings. The Morgan fingerprint density at radius 2 is 1.93 bits per heavy atom. The summed E-state index contributed by atoms with van der Waals surface area (Å²) in [5.41, 5.74) is 0.776. The molecule has 0 unspecified atom stereocenters. The number of rotatable bonds is 8. The minimum atomic E-state index is -0.421. The zero-order valence-corrected chi connectivity index (χ0v) is 18.5. The highest BCUT2D eigenvalue weighted by Gasteiger charge is 2.31. The van der Waals surface area contributed by atoms with Gasteiger partial charge >= 0.3 is 5.97 Å². The van der Waals surface area contributed by atoms with Gasteiger partial charge in [-0.25, -0.2) is 0 Å². The van der Waals surface area contributed by atoms with Crippen LogP contribution in [0.2, 0.25) is 0 Å². The highest BCUT2D eigenvalue weighted by molar-refractivity contribution is 7.98. The van der Waals surface area contributed by atoms with Crippen molar-refractivity contribution in [3.8, 4) is 0 Å². The van der Waals surface area contributed by atoms with Gasteiger partial charge in [0.25, 0.3) is 0 Å². The molecular formula is C21H31N3O4S. The second-order valence-electron chi connectivity index (χ2n) is 7.19. The zero-order chi connectivity index (χ0) is 21.4. The molecule has 1 atom stereocenters. The number of amides is 2. The number of thioether (sulfide) groups is 1. The van der Waals surface area contributed by atoms with Gasteiger partial charge in [-0.15, -0.1) is 11.8 Å². The third kappa shape index (κ3) is 6.47. The summed E-state index contributed by atoms with van der Waals surface area (Å²) in [5, 5.41) is 2.92. The van der Waals surface area contributed by atoms with E-state index in [1.807, 2.05) is 37.4 Å². The predicted octanol–water partition coefficient (Wildman–Crippen LogP) is 2.47. The van der Waals surface area contributed by atoms with Crippen LogP contribution in [-0.4, -0.2) is 73.2 Å². The van der Waals surface area contributed by atoms with E-state index >= 15 is 0 Å². The lowest BCUT2D eigenvalue weighted by atomic mass is 9.96. The number of esters is 1. The minimum Gasteiger partial charge on any atom is -0.466 e. The fourth-order valence-corrected chi connectivity index (χ4v) is 3.90. The van der Waals surface area contributed by atoms with Gasteiger partial charge in [0.1, 0.15) is 0 Å². The summed E-state index contributed by atoms with van der Waals surface area (Å²) in [4.78, 5) is 41.6. The lowest BCUT2D eigenvalue weighted by Crippen LogP contribution is -2.50. The van der Waals surface area contributed by atoms with Crippen molar-refractivity contribution in [2.45, 2.75) is 37.6 Å². The molecule has 1 aliphatic heterocycles. The van der Waals surface area contributed by atoms with Crippen molar-refractivity contribution in [1.29, 1.82) is 0 Å². The first-order valence-corrected chi connectivity index (χ1v) is 11.2. The summed E-state index contributed by atoms with van der Waals surface area (Å²) < 4.78 is 5.08. The molecule has 0 bridgehead atoms. The van der Waals surface area contributed by atoms with Gasteiger partial charge in [-0.1, -0.05) is 12.1 Å². The van der Waals surface area contributed by atoms with Crippen molar-refractivity contribution >= 4 is 35.2 Å². The monoisotopic (exact) mass is 421 g/mol. The van der Waals surface area contributed by atoms with Crippen LogP contribution in [0, 0.1) is 5.92 Å². The van der Waals surface area contributed by atoms with Crippen molar-refractivity contribution in [2.24, 2.45) is 5.92 Å². The van der Waals surface area contributed by atoms with Gasteiger partial charge in [-0.2, -0.15) is 0 Å². The van der Waals surface area contributed by atoms with E-state index in [-0.39, 0.29) is 30.2 Å². The average Bonchev–Trinajstić information content (AvgIpc) is 2.73. The van der Waals surface area contributed by atoms with Gasteiger partial charge in [-0.05, 0) is 52.1 Å². The molecule has 0 spiro atoms. The van der Waals surface area contributed by atoms with E-state index in [0.717, 1.165) is 10.6 Å². The number of likely N-dealkylation sites (N-methyl/N-ethyl adjacent to an activating group) is 1. The fourth-order valence-electron chi connectivity index (χ4n) is 3.35. The molecule has 2 rings (SSSR count). The molecule has 1 aromatic rings. The molecule has 8 heteroatoms. The van der Waals surface area contributed by atoms with Crippen molar-refractivity contribution in [3.05, 3.63) is 24.3 Å². The Bertz CT molecular complexity index is 720. The van der Waals surface area contributed by atoms with E-state index in [1.165, 1.54) is 0 Å². The molecule has 0 saturated carbocycles. The van der Waals surface area contributed by atoms with Gasteiger partial charge in [0.05, 0.1) is 30.8 Å². The van der Waals surface area contributed by atoms with Gasteiger partial charge in [0.2, 0.25) is 11.8 Å². The van der Waals surface area contributed by atoms with Crippen molar-refractivity contribution in [1.82, 2.24) is 9.80 Å². The maximum Gasteiger partial charge on any atom is 0.309 e. The number of nitrogens with one attached hydrogen (secondary N) is 1. The minimum absolute atomic E-state index is 0.0212. The van der Waals surface area contributed by atoms with Crippen molar-refractivity contribution < 1.29 is 19.1 Å². The second-order valence-corrected chi connectivity index (χ2v) is 8.04. The molecule has 29 heavy (non-hydrogen) atoms. The SMILES string of the molecule is CCOC(=O)C1CCN(C(=O)[C@H](C)N(C)CC(=O)Nc2ccccc2SC)CC1. The Labute approximate surface area is 177 Å². The van der Waals surface area contributed by atoms with Gasteiger partial charge in [0, 0.05) is 18.0 Å². The first kappa shape index (κ1) is 23.2. The van der Waals surface area contributed by atoms with Crippen molar-refractivity contribution in [2.75, 3.05) is 44.9 Å². The Kier molecular flexibility index (Phi) is 8.98. The number of hydrogen-bond acceptors (Lipinski definition) is 6. The standard InChI is InChI=1S/C21H31N3O4S/c1-5-28-21(27)16-10-12-24(13-11-16)20(26)15(2)23(3)14-19(25)22-17-8-6-7-9-18(17)29-4/h6-9,15-16H,5,10-14H2,1-4H3,(H,22,25)/t15-/m0/s1. The van der Waals surface area contributed by atoms with Crippen LogP contribution in [0.15, 0.2) is 29.2 Å². The molecule has 1 aromatic carbocycles. The van der Waals surface area contributed by atoms with Crippen LogP contribution < -0.4 is 5.32 Å². The smallest absolute Gasteiger partial charge is 0.309 e. The summed E-state index contributed by atoms with van der Waals surface area (Å²) >= 11 is 1.57. The maximum absolute atomic E-state index is 12.8. The highest BCUT2D eigenvalue weighted by Crippen LogP contribution is 2.24. The Hall–Kier alpha value is -2.06. The number of carbonyl (C=O) groups excluding carboxylic acids is 3. The molecule has 1 N–H and O–H groups in total. The summed E-state index contributed by atoms with van der Waals surface area (Å²) in [6.07, 6.45) is 3.20. The predicted molar refractivity (Wildman–Crippen MR) is 115 cm³/mol. The van der Waals surface area contributed by atoms with E-state index in [9.17, 15) is 14.4 Å². The first-order valence-electron chi connectivity index (χ1n) is 9.95. The molecule has 160 valence electrons. The molecule has 0 aliphatic carbocycles. The molecule has 2 amide bonds. The van der Waals surface area contributed by atoms with E-state index in [4.69, 9.17) is 4.74 Å². The van der Waals surface area contributed by atoms with E-state index in [1.54, 1.807) is 35.5 Å². The summed E-state index contributed by atoms with van der Waals surface area (Å²) in [5.74, 6) is -0.483. The van der Waals surface area contributed by atoms with Crippen LogP contribution in [0.4, 0.5) is 5.69 Å². The molecule has 1 heterocycles. The third-order valence-corrected chi connectivity index (χ3v) is 6.02. The second kappa shape index (κ2) is 11.2. The number of hydrogen-bond donors (Lipinski definition) is 1. The number of ether oxygens (including phenoxy) is 1. The summed E-state index contributed by atoms with van der Waals surface area (Å²) in [6, 6.07) is 7.21. The van der Waals surface area contributed by atoms with Gasteiger partial charge in [-0.3, -0.25) is 19.3 Å². The van der Waals surface area contributed by atoms with Gasteiger partial charge in [0.15, 0.2) is 0 Å².